The average Bonchev–Trinajstić information content (AvgIpc) is 3.22. The summed E-state index contributed by atoms with van der Waals surface area (Å²) in [6.45, 7) is -0.242. The first-order valence-electron chi connectivity index (χ1n) is 8.50. The number of aromatic nitrogens is 2. The molecule has 4 aromatic rings. The Morgan fingerprint density at radius 2 is 2.07 bits per heavy atom. The first-order valence-corrected chi connectivity index (χ1v) is 10.1. The molecule has 2 heterocycles. The summed E-state index contributed by atoms with van der Waals surface area (Å²) in [6, 6.07) is 11.1. The molecule has 2 aromatic heterocycles. The van der Waals surface area contributed by atoms with Crippen LogP contribution in [0.15, 0.2) is 45.7 Å². The summed E-state index contributed by atoms with van der Waals surface area (Å²) in [5.41, 5.74) is 2.19. The molecule has 0 atom stereocenters. The van der Waals surface area contributed by atoms with E-state index < -0.39 is 5.97 Å². The number of hydrogen-bond donors (Lipinski definition) is 0. The number of nitrogens with zero attached hydrogens (tertiary/aromatic N) is 2. The maximum Gasteiger partial charge on any atom is 0.343 e. The third kappa shape index (κ3) is 3.58. The van der Waals surface area contributed by atoms with Gasteiger partial charge in [0.2, 0.25) is 0 Å². The average molecular weight is 475 g/mol. The van der Waals surface area contributed by atoms with Crippen LogP contribution in [-0.2, 0) is 9.53 Å². The van der Waals surface area contributed by atoms with Crippen LogP contribution in [0.25, 0.3) is 22.1 Å². The van der Waals surface area contributed by atoms with Gasteiger partial charge in [0, 0.05) is 0 Å². The molecule has 7 nitrogen and oxygen atoms in total. The monoisotopic (exact) mass is 474 g/mol. The van der Waals surface area contributed by atoms with Crippen molar-refractivity contribution in [1.82, 2.24) is 9.38 Å². The first-order chi connectivity index (χ1) is 14.0. The molecule has 0 aliphatic rings. The zero-order chi connectivity index (χ0) is 20.5. The quantitative estimate of drug-likeness (QED) is 0.413. The standard InChI is InChI=1S/C20H15BrN2O5S/c1-26-15-8-11(7-12(21)18(15)28-10-17(24)27-2)9-16-19(25)23-14-6-4-3-5-13(14)22-20(23)29-16/h3-9H,10H2,1-2H3. The number of fused-ring (bicyclic) bond motifs is 3. The Kier molecular flexibility index (Phi) is 5.25. The summed E-state index contributed by atoms with van der Waals surface area (Å²) >= 11 is 4.75. The molecule has 0 saturated carbocycles. The Hall–Kier alpha value is -2.91. The molecule has 148 valence electrons. The number of imidazole rings is 1. The number of carbonyl (C=O) groups excluding carboxylic acids is 1. The lowest BCUT2D eigenvalue weighted by molar-refractivity contribution is -0.142. The Morgan fingerprint density at radius 1 is 1.28 bits per heavy atom. The Morgan fingerprint density at radius 3 is 2.83 bits per heavy atom. The molecule has 0 N–H and O–H groups in total. The van der Waals surface area contributed by atoms with Crippen LogP contribution in [0, 0.1) is 0 Å². The number of benzene rings is 2. The lowest BCUT2D eigenvalue weighted by Gasteiger charge is -2.12. The van der Waals surface area contributed by atoms with E-state index in [1.54, 1.807) is 22.6 Å². The molecule has 2 aromatic carbocycles. The third-order valence-electron chi connectivity index (χ3n) is 4.26. The van der Waals surface area contributed by atoms with Gasteiger partial charge in [-0.3, -0.25) is 4.79 Å². The number of hydrogen-bond acceptors (Lipinski definition) is 7. The second-order valence-corrected chi connectivity index (χ2v) is 7.90. The summed E-state index contributed by atoms with van der Waals surface area (Å²) in [7, 11) is 2.79. The highest BCUT2D eigenvalue weighted by Crippen LogP contribution is 2.37. The maximum absolute atomic E-state index is 12.9. The van der Waals surface area contributed by atoms with E-state index in [0.717, 1.165) is 16.6 Å². The second-order valence-electron chi connectivity index (χ2n) is 6.03. The number of methoxy groups -OCH3 is 2. The van der Waals surface area contributed by atoms with Gasteiger partial charge in [0.1, 0.15) is 0 Å². The van der Waals surface area contributed by atoms with Gasteiger partial charge in [-0.1, -0.05) is 23.5 Å². The predicted molar refractivity (Wildman–Crippen MR) is 114 cm³/mol. The van der Waals surface area contributed by atoms with Crippen LogP contribution >= 0.6 is 27.3 Å². The number of rotatable bonds is 5. The largest absolute Gasteiger partial charge is 0.493 e. The minimum atomic E-state index is -0.500. The van der Waals surface area contributed by atoms with Crippen molar-refractivity contribution in [3.8, 4) is 11.5 Å². The van der Waals surface area contributed by atoms with Crippen molar-refractivity contribution in [2.24, 2.45) is 0 Å². The van der Waals surface area contributed by atoms with Crippen molar-refractivity contribution >= 4 is 55.3 Å². The molecule has 29 heavy (non-hydrogen) atoms. The predicted octanol–water partition coefficient (Wildman–Crippen LogP) is 2.78. The van der Waals surface area contributed by atoms with Crippen molar-refractivity contribution in [3.05, 3.63) is 61.3 Å². The molecule has 0 aliphatic carbocycles. The second kappa shape index (κ2) is 7.84. The van der Waals surface area contributed by atoms with E-state index in [1.807, 2.05) is 24.3 Å². The van der Waals surface area contributed by atoms with Gasteiger partial charge in [-0.25, -0.2) is 14.2 Å². The van der Waals surface area contributed by atoms with Crippen molar-refractivity contribution in [2.45, 2.75) is 0 Å². The molecule has 0 aliphatic heterocycles. The van der Waals surface area contributed by atoms with Gasteiger partial charge in [-0.05, 0) is 51.8 Å². The lowest BCUT2D eigenvalue weighted by atomic mass is 10.2. The van der Waals surface area contributed by atoms with Crippen molar-refractivity contribution in [1.29, 1.82) is 0 Å². The van der Waals surface area contributed by atoms with Crippen molar-refractivity contribution < 1.29 is 19.0 Å². The molecule has 0 amide bonds. The molecule has 0 spiro atoms. The van der Waals surface area contributed by atoms with Gasteiger partial charge in [0.05, 0.1) is 34.3 Å². The summed E-state index contributed by atoms with van der Waals surface area (Å²) < 4.78 is 18.2. The van der Waals surface area contributed by atoms with Crippen LogP contribution in [0.4, 0.5) is 0 Å². The summed E-state index contributed by atoms with van der Waals surface area (Å²) in [5.74, 6) is 0.304. The van der Waals surface area contributed by atoms with E-state index in [-0.39, 0.29) is 12.2 Å². The highest BCUT2D eigenvalue weighted by molar-refractivity contribution is 9.10. The number of ether oxygens (including phenoxy) is 3. The molecule has 0 saturated heterocycles. The summed E-state index contributed by atoms with van der Waals surface area (Å²) in [5, 5.41) is 0. The summed E-state index contributed by atoms with van der Waals surface area (Å²) in [6.07, 6.45) is 1.77. The van der Waals surface area contributed by atoms with Crippen LogP contribution in [-0.4, -0.2) is 36.2 Å². The molecule has 0 bridgehead atoms. The van der Waals surface area contributed by atoms with Gasteiger partial charge in [-0.2, -0.15) is 0 Å². The van der Waals surface area contributed by atoms with Gasteiger partial charge in [0.25, 0.3) is 5.56 Å². The molecule has 9 heteroatoms. The fourth-order valence-corrected chi connectivity index (χ4v) is 4.48. The minimum Gasteiger partial charge on any atom is -0.493 e. The zero-order valence-corrected chi connectivity index (χ0v) is 17.9. The van der Waals surface area contributed by atoms with Crippen LogP contribution in [0.3, 0.4) is 0 Å². The third-order valence-corrected chi connectivity index (χ3v) is 5.81. The molecule has 0 fully saturated rings. The van der Waals surface area contributed by atoms with Crippen LogP contribution < -0.4 is 19.6 Å². The fraction of sp³-hybridized carbons (Fsp3) is 0.150. The SMILES string of the molecule is COC(=O)COc1c(Br)cc(C=c2sc3nc4ccccc4n3c2=O)cc1OC. The van der Waals surface area contributed by atoms with E-state index in [2.05, 4.69) is 25.7 Å². The summed E-state index contributed by atoms with van der Waals surface area (Å²) in [4.78, 5) is 29.4. The molecule has 0 radical (unpaired) electrons. The fourth-order valence-electron chi connectivity index (χ4n) is 2.92. The Labute approximate surface area is 177 Å². The smallest absolute Gasteiger partial charge is 0.343 e. The van der Waals surface area contributed by atoms with Gasteiger partial charge >= 0.3 is 5.97 Å². The van der Waals surface area contributed by atoms with Crippen LogP contribution in [0.5, 0.6) is 11.5 Å². The molecular weight excluding hydrogens is 460 g/mol. The molecule has 0 unspecified atom stereocenters. The number of halogens is 1. The van der Waals surface area contributed by atoms with E-state index in [0.29, 0.717) is 25.5 Å². The van der Waals surface area contributed by atoms with E-state index >= 15 is 0 Å². The Balaban J connectivity index is 1.78. The van der Waals surface area contributed by atoms with Gasteiger partial charge in [0.15, 0.2) is 23.1 Å². The zero-order valence-electron chi connectivity index (χ0n) is 15.5. The normalized spacial score (nSPS) is 11.9. The number of carbonyl (C=O) groups is 1. The van der Waals surface area contributed by atoms with Gasteiger partial charge < -0.3 is 14.2 Å². The Bertz CT molecular complexity index is 1340. The highest BCUT2D eigenvalue weighted by atomic mass is 79.9. The molecular formula is C20H15BrN2O5S. The number of thiazole rings is 1. The maximum atomic E-state index is 12.9. The van der Waals surface area contributed by atoms with E-state index in [9.17, 15) is 9.59 Å². The van der Waals surface area contributed by atoms with Crippen LogP contribution in [0.2, 0.25) is 0 Å². The van der Waals surface area contributed by atoms with E-state index in [4.69, 9.17) is 9.47 Å². The van der Waals surface area contributed by atoms with Crippen molar-refractivity contribution in [3.63, 3.8) is 0 Å². The number of esters is 1. The topological polar surface area (TPSA) is 79.1 Å². The van der Waals surface area contributed by atoms with Crippen LogP contribution in [0.1, 0.15) is 5.56 Å². The lowest BCUT2D eigenvalue weighted by Crippen LogP contribution is -2.22. The van der Waals surface area contributed by atoms with Crippen molar-refractivity contribution in [2.75, 3.05) is 20.8 Å². The number of para-hydroxylation sites is 2. The minimum absolute atomic E-state index is 0.125. The molecule has 4 rings (SSSR count). The van der Waals surface area contributed by atoms with E-state index in [1.165, 1.54) is 25.6 Å². The van der Waals surface area contributed by atoms with Gasteiger partial charge in [-0.15, -0.1) is 0 Å². The first kappa shape index (κ1) is 19.4. The highest BCUT2D eigenvalue weighted by Gasteiger charge is 2.14.